The van der Waals surface area contributed by atoms with Crippen molar-refractivity contribution in [2.45, 2.75) is 45.1 Å². The summed E-state index contributed by atoms with van der Waals surface area (Å²) >= 11 is 0. The van der Waals surface area contributed by atoms with Crippen LogP contribution in [0.15, 0.2) is 30.3 Å². The second kappa shape index (κ2) is 6.35. The Balaban J connectivity index is 1.59. The van der Waals surface area contributed by atoms with E-state index in [9.17, 15) is 0 Å². The minimum absolute atomic E-state index is 0.276. The summed E-state index contributed by atoms with van der Waals surface area (Å²) in [5, 5.41) is 3.55. The number of benzene rings is 1. The van der Waals surface area contributed by atoms with Gasteiger partial charge in [0.1, 0.15) is 0 Å². The second-order valence-corrected chi connectivity index (χ2v) is 5.77. The fraction of sp³-hybridized carbons (Fsp3) is 0.625. The van der Waals surface area contributed by atoms with E-state index in [1.807, 2.05) is 0 Å². The summed E-state index contributed by atoms with van der Waals surface area (Å²) in [4.78, 5) is 0. The Hall–Kier alpha value is -0.860. The van der Waals surface area contributed by atoms with Gasteiger partial charge >= 0.3 is 0 Å². The van der Waals surface area contributed by atoms with Gasteiger partial charge in [-0.3, -0.25) is 0 Å². The van der Waals surface area contributed by atoms with Crippen molar-refractivity contribution >= 4 is 0 Å². The van der Waals surface area contributed by atoms with E-state index >= 15 is 0 Å². The minimum atomic E-state index is 0.276. The third-order valence-electron chi connectivity index (χ3n) is 4.26. The Morgan fingerprint density at radius 2 is 2.00 bits per heavy atom. The molecule has 2 rings (SSSR count). The Labute approximate surface area is 111 Å². The van der Waals surface area contributed by atoms with Gasteiger partial charge in [-0.05, 0) is 43.1 Å². The van der Waals surface area contributed by atoms with E-state index in [0.29, 0.717) is 5.41 Å². The van der Waals surface area contributed by atoms with Crippen LogP contribution < -0.4 is 11.1 Å². The first-order valence-electron chi connectivity index (χ1n) is 7.24. The van der Waals surface area contributed by atoms with Crippen LogP contribution >= 0.6 is 0 Å². The van der Waals surface area contributed by atoms with Crippen molar-refractivity contribution in [2.75, 3.05) is 13.1 Å². The van der Waals surface area contributed by atoms with E-state index in [0.717, 1.165) is 25.9 Å². The van der Waals surface area contributed by atoms with Crippen molar-refractivity contribution in [3.8, 4) is 0 Å². The van der Waals surface area contributed by atoms with Crippen LogP contribution in [-0.2, 0) is 6.42 Å². The SMILES string of the molecule is CCC1(CNCC(N)CCc2ccccc2)CC1. The van der Waals surface area contributed by atoms with Gasteiger partial charge in [0.05, 0.1) is 0 Å². The highest BCUT2D eigenvalue weighted by Crippen LogP contribution is 2.47. The van der Waals surface area contributed by atoms with Crippen molar-refractivity contribution in [2.24, 2.45) is 11.1 Å². The Morgan fingerprint density at radius 1 is 1.28 bits per heavy atom. The van der Waals surface area contributed by atoms with Crippen LogP contribution in [0.5, 0.6) is 0 Å². The third-order valence-corrected chi connectivity index (χ3v) is 4.26. The van der Waals surface area contributed by atoms with E-state index < -0.39 is 0 Å². The number of aryl methyl sites for hydroxylation is 1. The molecule has 0 aliphatic heterocycles. The van der Waals surface area contributed by atoms with E-state index in [-0.39, 0.29) is 6.04 Å². The van der Waals surface area contributed by atoms with Crippen LogP contribution in [-0.4, -0.2) is 19.1 Å². The first kappa shape index (κ1) is 13.6. The molecule has 1 aromatic carbocycles. The Morgan fingerprint density at radius 3 is 2.61 bits per heavy atom. The van der Waals surface area contributed by atoms with E-state index in [4.69, 9.17) is 5.73 Å². The predicted molar refractivity (Wildman–Crippen MR) is 77.6 cm³/mol. The molecule has 2 heteroatoms. The lowest BCUT2D eigenvalue weighted by Gasteiger charge is -2.17. The quantitative estimate of drug-likeness (QED) is 0.740. The molecule has 1 fully saturated rings. The zero-order valence-corrected chi connectivity index (χ0v) is 11.5. The van der Waals surface area contributed by atoms with Gasteiger partial charge in [-0.25, -0.2) is 0 Å². The molecule has 0 saturated heterocycles. The third kappa shape index (κ3) is 4.11. The lowest BCUT2D eigenvalue weighted by atomic mass is 10.0. The maximum absolute atomic E-state index is 6.15. The molecule has 0 bridgehead atoms. The molecule has 0 amide bonds. The summed E-state index contributed by atoms with van der Waals surface area (Å²) < 4.78 is 0. The van der Waals surface area contributed by atoms with Gasteiger partial charge in [0, 0.05) is 19.1 Å². The molecule has 1 unspecified atom stereocenters. The van der Waals surface area contributed by atoms with Crippen molar-refractivity contribution in [1.29, 1.82) is 0 Å². The molecule has 1 atom stereocenters. The summed E-state index contributed by atoms with van der Waals surface area (Å²) in [6.07, 6.45) is 6.25. The molecule has 100 valence electrons. The minimum Gasteiger partial charge on any atom is -0.327 e. The van der Waals surface area contributed by atoms with Crippen molar-refractivity contribution in [3.05, 3.63) is 35.9 Å². The van der Waals surface area contributed by atoms with Crippen LogP contribution in [0, 0.1) is 5.41 Å². The van der Waals surface area contributed by atoms with Crippen LogP contribution in [0.1, 0.15) is 38.2 Å². The van der Waals surface area contributed by atoms with Crippen LogP contribution in [0.4, 0.5) is 0 Å². The zero-order valence-electron chi connectivity index (χ0n) is 11.5. The molecule has 0 spiro atoms. The normalized spacial score (nSPS) is 18.6. The average molecular weight is 246 g/mol. The fourth-order valence-electron chi connectivity index (χ4n) is 2.45. The van der Waals surface area contributed by atoms with Crippen LogP contribution in [0.2, 0.25) is 0 Å². The molecule has 0 radical (unpaired) electrons. The summed E-state index contributed by atoms with van der Waals surface area (Å²) in [7, 11) is 0. The van der Waals surface area contributed by atoms with Crippen LogP contribution in [0.25, 0.3) is 0 Å². The number of nitrogens with one attached hydrogen (secondary N) is 1. The summed E-state index contributed by atoms with van der Waals surface area (Å²) in [6, 6.07) is 10.9. The van der Waals surface area contributed by atoms with E-state index in [1.165, 1.54) is 24.8 Å². The average Bonchev–Trinajstić information content (AvgIpc) is 3.18. The van der Waals surface area contributed by atoms with Crippen molar-refractivity contribution in [1.82, 2.24) is 5.32 Å². The molecule has 0 aromatic heterocycles. The van der Waals surface area contributed by atoms with Crippen molar-refractivity contribution < 1.29 is 0 Å². The molecule has 2 nitrogen and oxygen atoms in total. The van der Waals surface area contributed by atoms with Gasteiger partial charge in [0.25, 0.3) is 0 Å². The van der Waals surface area contributed by atoms with E-state index in [1.54, 1.807) is 0 Å². The fourth-order valence-corrected chi connectivity index (χ4v) is 2.45. The molecular formula is C16H26N2. The van der Waals surface area contributed by atoms with Crippen molar-refractivity contribution in [3.63, 3.8) is 0 Å². The highest BCUT2D eigenvalue weighted by molar-refractivity contribution is 5.14. The molecule has 1 saturated carbocycles. The molecule has 3 N–H and O–H groups in total. The molecular weight excluding hydrogens is 220 g/mol. The Kier molecular flexibility index (Phi) is 4.79. The Bertz CT molecular complexity index is 343. The van der Waals surface area contributed by atoms with Crippen LogP contribution in [0.3, 0.4) is 0 Å². The highest BCUT2D eigenvalue weighted by Gasteiger charge is 2.39. The first-order valence-corrected chi connectivity index (χ1v) is 7.24. The van der Waals surface area contributed by atoms with E-state index in [2.05, 4.69) is 42.6 Å². The number of nitrogens with two attached hydrogens (primary N) is 1. The lowest BCUT2D eigenvalue weighted by molar-refractivity contribution is 0.426. The van der Waals surface area contributed by atoms with Gasteiger partial charge in [0.15, 0.2) is 0 Å². The molecule has 0 heterocycles. The predicted octanol–water partition coefficient (Wildman–Crippen LogP) is 2.73. The van der Waals surface area contributed by atoms with Gasteiger partial charge in [-0.2, -0.15) is 0 Å². The monoisotopic (exact) mass is 246 g/mol. The standard InChI is InChI=1S/C16H26N2/c1-2-16(10-11-16)13-18-12-15(17)9-8-14-6-4-3-5-7-14/h3-7,15,18H,2,8-13,17H2,1H3. The van der Waals surface area contributed by atoms with Gasteiger partial charge in [-0.15, -0.1) is 0 Å². The van der Waals surface area contributed by atoms with Gasteiger partial charge in [0.2, 0.25) is 0 Å². The summed E-state index contributed by atoms with van der Waals surface area (Å²) in [5.41, 5.74) is 8.16. The first-order chi connectivity index (χ1) is 8.74. The maximum Gasteiger partial charge on any atom is 0.0168 e. The number of rotatable bonds is 8. The highest BCUT2D eigenvalue weighted by atomic mass is 14.9. The number of hydrogen-bond donors (Lipinski definition) is 2. The maximum atomic E-state index is 6.15. The smallest absolute Gasteiger partial charge is 0.0168 e. The zero-order chi connectivity index (χ0) is 12.8. The second-order valence-electron chi connectivity index (χ2n) is 5.77. The van der Waals surface area contributed by atoms with Gasteiger partial charge in [-0.1, -0.05) is 37.3 Å². The molecule has 1 aliphatic carbocycles. The summed E-state index contributed by atoms with van der Waals surface area (Å²) in [5.74, 6) is 0. The van der Waals surface area contributed by atoms with Gasteiger partial charge < -0.3 is 11.1 Å². The molecule has 18 heavy (non-hydrogen) atoms. The number of hydrogen-bond acceptors (Lipinski definition) is 2. The summed E-state index contributed by atoms with van der Waals surface area (Å²) in [6.45, 7) is 4.40. The largest absolute Gasteiger partial charge is 0.327 e. The lowest BCUT2D eigenvalue weighted by Crippen LogP contribution is -2.36. The topological polar surface area (TPSA) is 38.0 Å². The molecule has 1 aliphatic rings. The molecule has 1 aromatic rings.